The Labute approximate surface area is 107 Å². The third-order valence-corrected chi connectivity index (χ3v) is 2.75. The van der Waals surface area contributed by atoms with E-state index < -0.39 is 6.10 Å². The van der Waals surface area contributed by atoms with Crippen molar-refractivity contribution in [3.05, 3.63) is 28.8 Å². The summed E-state index contributed by atoms with van der Waals surface area (Å²) in [5.74, 6) is 0.0269. The van der Waals surface area contributed by atoms with Gasteiger partial charge in [0.05, 0.1) is 11.1 Å². The Hall–Kier alpha value is -0.770. The highest BCUT2D eigenvalue weighted by Gasteiger charge is 2.21. The summed E-state index contributed by atoms with van der Waals surface area (Å²) in [4.78, 5) is 0. The molecule has 96 valence electrons. The number of aliphatic hydroxyl groups is 1. The summed E-state index contributed by atoms with van der Waals surface area (Å²) < 4.78 is 0. The summed E-state index contributed by atoms with van der Waals surface area (Å²) in [5.41, 5.74) is 0.623. The van der Waals surface area contributed by atoms with Gasteiger partial charge in [0, 0.05) is 11.6 Å². The Morgan fingerprint density at radius 2 is 1.88 bits per heavy atom. The monoisotopic (exact) mass is 257 g/mol. The van der Waals surface area contributed by atoms with Gasteiger partial charge in [-0.05, 0) is 45.4 Å². The number of benzene rings is 1. The van der Waals surface area contributed by atoms with Crippen LogP contribution in [0.2, 0.25) is 5.02 Å². The predicted molar refractivity (Wildman–Crippen MR) is 70.4 cm³/mol. The zero-order valence-electron chi connectivity index (χ0n) is 10.7. The second-order valence-electron chi connectivity index (χ2n) is 5.34. The number of phenols is 1. The molecule has 3 N–H and O–H groups in total. The van der Waals surface area contributed by atoms with Crippen molar-refractivity contribution in [1.29, 1.82) is 0 Å². The quantitative estimate of drug-likeness (QED) is 0.781. The van der Waals surface area contributed by atoms with Crippen LogP contribution < -0.4 is 5.32 Å². The largest absolute Gasteiger partial charge is 0.506 e. The molecule has 0 aromatic heterocycles. The molecule has 17 heavy (non-hydrogen) atoms. The van der Waals surface area contributed by atoms with Crippen LogP contribution in [0.5, 0.6) is 5.75 Å². The fourth-order valence-corrected chi connectivity index (χ4v) is 1.95. The lowest BCUT2D eigenvalue weighted by Gasteiger charge is -2.29. The molecule has 0 fully saturated rings. The summed E-state index contributed by atoms with van der Waals surface area (Å²) in [6.07, 6.45) is -0.660. The zero-order valence-corrected chi connectivity index (χ0v) is 11.4. The van der Waals surface area contributed by atoms with Crippen molar-refractivity contribution in [2.24, 2.45) is 0 Å². The molecular weight excluding hydrogens is 238 g/mol. The number of phenolic OH excluding ortho intramolecular Hbond substituents is 1. The fourth-order valence-electron chi connectivity index (χ4n) is 1.76. The minimum atomic E-state index is -0.660. The minimum Gasteiger partial charge on any atom is -0.506 e. The van der Waals surface area contributed by atoms with E-state index in [1.807, 2.05) is 27.7 Å². The smallest absolute Gasteiger partial charge is 0.134 e. The zero-order chi connectivity index (χ0) is 13.2. The van der Waals surface area contributed by atoms with Crippen LogP contribution in [0.25, 0.3) is 0 Å². The molecule has 0 unspecified atom stereocenters. The molecule has 2 atom stereocenters. The van der Waals surface area contributed by atoms with Gasteiger partial charge in [0.1, 0.15) is 5.75 Å². The van der Waals surface area contributed by atoms with Crippen molar-refractivity contribution in [2.45, 2.75) is 45.4 Å². The molecule has 1 rings (SSSR count). The molecule has 0 amide bonds. The topological polar surface area (TPSA) is 52.5 Å². The first-order chi connectivity index (χ1) is 7.70. The molecule has 0 aliphatic heterocycles. The van der Waals surface area contributed by atoms with Gasteiger partial charge in [-0.2, -0.15) is 0 Å². The molecular formula is C13H20ClNO2. The molecule has 0 spiro atoms. The molecule has 0 heterocycles. The Balaban J connectivity index is 2.81. The first kappa shape index (κ1) is 14.3. The second kappa shape index (κ2) is 5.25. The van der Waals surface area contributed by atoms with Crippen molar-refractivity contribution in [2.75, 3.05) is 0 Å². The number of aliphatic hydroxyl groups excluding tert-OH is 1. The summed E-state index contributed by atoms with van der Waals surface area (Å²) in [6.45, 7) is 8.04. The lowest BCUT2D eigenvalue weighted by atomic mass is 10.00. The summed E-state index contributed by atoms with van der Waals surface area (Å²) in [7, 11) is 0. The molecule has 0 radical (unpaired) electrons. The first-order valence-electron chi connectivity index (χ1n) is 5.65. The third kappa shape index (κ3) is 4.19. The van der Waals surface area contributed by atoms with Gasteiger partial charge in [0.25, 0.3) is 0 Å². The molecule has 0 saturated heterocycles. The molecule has 0 aliphatic carbocycles. The second-order valence-corrected chi connectivity index (χ2v) is 5.75. The van der Waals surface area contributed by atoms with Crippen LogP contribution in [-0.4, -0.2) is 21.8 Å². The normalized spacial score (nSPS) is 15.6. The van der Waals surface area contributed by atoms with E-state index in [-0.39, 0.29) is 22.4 Å². The van der Waals surface area contributed by atoms with Gasteiger partial charge in [-0.1, -0.05) is 17.7 Å². The molecule has 1 aromatic carbocycles. The predicted octanol–water partition coefficient (Wildman–Crippen LogP) is 2.86. The van der Waals surface area contributed by atoms with Gasteiger partial charge in [0.2, 0.25) is 0 Å². The molecule has 0 aliphatic rings. The molecule has 0 bridgehead atoms. The Morgan fingerprint density at radius 1 is 1.29 bits per heavy atom. The molecule has 1 aromatic rings. The van der Waals surface area contributed by atoms with E-state index in [2.05, 4.69) is 5.32 Å². The van der Waals surface area contributed by atoms with Crippen molar-refractivity contribution >= 4 is 11.6 Å². The van der Waals surface area contributed by atoms with Crippen LogP contribution in [-0.2, 0) is 0 Å². The average Bonchev–Trinajstić information content (AvgIpc) is 2.18. The van der Waals surface area contributed by atoms with Gasteiger partial charge >= 0.3 is 0 Å². The van der Waals surface area contributed by atoms with Gasteiger partial charge < -0.3 is 15.5 Å². The van der Waals surface area contributed by atoms with Crippen molar-refractivity contribution < 1.29 is 10.2 Å². The highest BCUT2D eigenvalue weighted by molar-refractivity contribution is 6.32. The third-order valence-electron chi connectivity index (χ3n) is 2.45. The highest BCUT2D eigenvalue weighted by atomic mass is 35.5. The molecule has 0 saturated carbocycles. The summed E-state index contributed by atoms with van der Waals surface area (Å²) >= 11 is 5.81. The summed E-state index contributed by atoms with van der Waals surface area (Å²) in [5, 5.41) is 23.0. The van der Waals surface area contributed by atoms with E-state index in [4.69, 9.17) is 11.6 Å². The summed E-state index contributed by atoms with van der Waals surface area (Å²) in [6, 6.07) is 4.65. The fraction of sp³-hybridized carbons (Fsp3) is 0.538. The van der Waals surface area contributed by atoms with Crippen molar-refractivity contribution in [3.8, 4) is 5.75 Å². The van der Waals surface area contributed by atoms with Gasteiger partial charge in [-0.15, -0.1) is 0 Å². The van der Waals surface area contributed by atoms with Crippen LogP contribution in [0, 0.1) is 0 Å². The van der Waals surface area contributed by atoms with Crippen LogP contribution in [0.15, 0.2) is 18.2 Å². The first-order valence-corrected chi connectivity index (χ1v) is 6.02. The Bertz CT molecular complexity index is 387. The Kier molecular flexibility index (Phi) is 4.42. The number of aromatic hydroxyl groups is 1. The van der Waals surface area contributed by atoms with Gasteiger partial charge in [-0.25, -0.2) is 0 Å². The van der Waals surface area contributed by atoms with E-state index in [1.54, 1.807) is 12.1 Å². The number of halogens is 1. The van der Waals surface area contributed by atoms with Gasteiger partial charge in [-0.3, -0.25) is 0 Å². The van der Waals surface area contributed by atoms with Crippen LogP contribution in [0.4, 0.5) is 0 Å². The van der Waals surface area contributed by atoms with E-state index in [0.29, 0.717) is 5.56 Å². The molecule has 3 nitrogen and oxygen atoms in total. The van der Waals surface area contributed by atoms with E-state index in [9.17, 15) is 10.2 Å². The number of hydrogen-bond donors (Lipinski definition) is 3. The highest BCUT2D eigenvalue weighted by Crippen LogP contribution is 2.28. The lowest BCUT2D eigenvalue weighted by Crippen LogP contribution is -2.44. The van der Waals surface area contributed by atoms with E-state index in [1.165, 1.54) is 6.07 Å². The van der Waals surface area contributed by atoms with E-state index in [0.717, 1.165) is 0 Å². The number of nitrogens with one attached hydrogen (secondary N) is 1. The minimum absolute atomic E-state index is 0.0269. The van der Waals surface area contributed by atoms with Crippen molar-refractivity contribution in [3.63, 3.8) is 0 Å². The maximum atomic E-state index is 10.2. The van der Waals surface area contributed by atoms with Crippen molar-refractivity contribution in [1.82, 2.24) is 5.32 Å². The van der Waals surface area contributed by atoms with E-state index >= 15 is 0 Å². The maximum Gasteiger partial charge on any atom is 0.134 e. The standard InChI is InChI=1S/C13H20ClNO2/c1-8(15-13(2,3)4)12(17)9-5-6-11(16)10(14)7-9/h5-8,12,15-17H,1-4H3/t8-,12+/m1/s1. The molecule has 4 heteroatoms. The maximum absolute atomic E-state index is 10.2. The lowest BCUT2D eigenvalue weighted by molar-refractivity contribution is 0.121. The Morgan fingerprint density at radius 3 is 2.35 bits per heavy atom. The van der Waals surface area contributed by atoms with Crippen LogP contribution in [0.3, 0.4) is 0 Å². The van der Waals surface area contributed by atoms with Crippen LogP contribution >= 0.6 is 11.6 Å². The number of rotatable bonds is 3. The van der Waals surface area contributed by atoms with Crippen LogP contribution in [0.1, 0.15) is 39.4 Å². The average molecular weight is 258 g/mol. The van der Waals surface area contributed by atoms with Gasteiger partial charge in [0.15, 0.2) is 0 Å². The SMILES string of the molecule is C[C@@H](NC(C)(C)C)[C@H](O)c1ccc(O)c(Cl)c1. The number of hydrogen-bond acceptors (Lipinski definition) is 3.